The fourth-order valence-corrected chi connectivity index (χ4v) is 3.37. The summed E-state index contributed by atoms with van der Waals surface area (Å²) in [5.74, 6) is 0.0544. The predicted molar refractivity (Wildman–Crippen MR) is 91.2 cm³/mol. The first-order valence-electron chi connectivity index (χ1n) is 8.38. The molecule has 4 heteroatoms. The van der Waals surface area contributed by atoms with Crippen LogP contribution in [0.4, 0.5) is 11.4 Å². The average molecular weight is 301 g/mol. The van der Waals surface area contributed by atoms with Gasteiger partial charge in [-0.1, -0.05) is 13.8 Å². The molecule has 3 rings (SSSR count). The predicted octanol–water partition coefficient (Wildman–Crippen LogP) is 2.77. The van der Waals surface area contributed by atoms with E-state index in [1.54, 1.807) is 0 Å². The van der Waals surface area contributed by atoms with Crippen LogP contribution in [-0.4, -0.2) is 31.6 Å². The van der Waals surface area contributed by atoms with Gasteiger partial charge in [-0.2, -0.15) is 0 Å². The van der Waals surface area contributed by atoms with Crippen molar-refractivity contribution in [2.75, 3.05) is 29.4 Å². The van der Waals surface area contributed by atoms with Crippen molar-refractivity contribution in [3.05, 3.63) is 24.3 Å². The summed E-state index contributed by atoms with van der Waals surface area (Å²) in [6, 6.07) is 8.07. The monoisotopic (exact) mass is 301 g/mol. The second-order valence-corrected chi connectivity index (χ2v) is 7.41. The normalized spacial score (nSPS) is 25.4. The summed E-state index contributed by atoms with van der Waals surface area (Å²) in [7, 11) is 0. The number of carbonyl (C=O) groups excluding carboxylic acids is 1. The third kappa shape index (κ3) is 3.12. The van der Waals surface area contributed by atoms with Gasteiger partial charge < -0.3 is 15.5 Å². The number of amides is 1. The number of hydrogen-bond acceptors (Lipinski definition) is 3. The molecule has 0 aromatic heterocycles. The molecule has 0 unspecified atom stereocenters. The topological polar surface area (TPSA) is 49.6 Å². The van der Waals surface area contributed by atoms with Crippen LogP contribution < -0.4 is 15.5 Å². The molecule has 1 aromatic rings. The molecule has 2 aliphatic heterocycles. The van der Waals surface area contributed by atoms with Crippen molar-refractivity contribution in [3.8, 4) is 0 Å². The molecule has 1 atom stereocenters. The van der Waals surface area contributed by atoms with Crippen LogP contribution in [0.1, 0.15) is 39.5 Å². The molecule has 2 N–H and O–H groups in total. The zero-order valence-electron chi connectivity index (χ0n) is 13.7. The van der Waals surface area contributed by atoms with Crippen molar-refractivity contribution in [3.63, 3.8) is 0 Å². The molecule has 22 heavy (non-hydrogen) atoms. The van der Waals surface area contributed by atoms with Gasteiger partial charge in [0.1, 0.15) is 0 Å². The maximum atomic E-state index is 12.2. The molecule has 0 saturated carbocycles. The number of benzene rings is 1. The summed E-state index contributed by atoms with van der Waals surface area (Å²) in [5.41, 5.74) is 8.57. The molecule has 2 saturated heterocycles. The van der Waals surface area contributed by atoms with E-state index in [1.807, 2.05) is 4.90 Å². The minimum absolute atomic E-state index is 0.0544. The summed E-state index contributed by atoms with van der Waals surface area (Å²) in [6.07, 6.45) is 4.25. The molecule has 1 amide bonds. The van der Waals surface area contributed by atoms with E-state index in [9.17, 15) is 4.79 Å². The number of rotatable bonds is 2. The largest absolute Gasteiger partial charge is 0.371 e. The fourth-order valence-electron chi connectivity index (χ4n) is 3.37. The van der Waals surface area contributed by atoms with E-state index in [4.69, 9.17) is 5.73 Å². The number of carbonyl (C=O) groups is 1. The van der Waals surface area contributed by atoms with Crippen LogP contribution >= 0.6 is 0 Å². The Kier molecular flexibility index (Phi) is 4.13. The Bertz CT molecular complexity index is 528. The Hall–Kier alpha value is -1.55. The summed E-state index contributed by atoms with van der Waals surface area (Å²) < 4.78 is 0. The van der Waals surface area contributed by atoms with Gasteiger partial charge in [-0.15, -0.1) is 0 Å². The summed E-state index contributed by atoms with van der Waals surface area (Å²) >= 11 is 0. The van der Waals surface area contributed by atoms with Gasteiger partial charge in [-0.25, -0.2) is 0 Å². The minimum Gasteiger partial charge on any atom is -0.371 e. The smallest absolute Gasteiger partial charge is 0.243 e. The molecular weight excluding hydrogens is 274 g/mol. The van der Waals surface area contributed by atoms with Crippen LogP contribution in [0, 0.1) is 5.41 Å². The molecule has 120 valence electrons. The number of nitrogens with zero attached hydrogens (tertiary/aromatic N) is 2. The van der Waals surface area contributed by atoms with Gasteiger partial charge in [0.2, 0.25) is 5.91 Å². The van der Waals surface area contributed by atoms with Crippen LogP contribution in [0.15, 0.2) is 24.3 Å². The van der Waals surface area contributed by atoms with Gasteiger partial charge in [0, 0.05) is 31.0 Å². The second kappa shape index (κ2) is 5.92. The highest BCUT2D eigenvalue weighted by Gasteiger charge is 2.27. The average Bonchev–Trinajstić information content (AvgIpc) is 2.50. The molecule has 2 fully saturated rings. The summed E-state index contributed by atoms with van der Waals surface area (Å²) in [5, 5.41) is 0. The fraction of sp³-hybridized carbons (Fsp3) is 0.611. The third-order valence-corrected chi connectivity index (χ3v) is 5.12. The van der Waals surface area contributed by atoms with Gasteiger partial charge in [-0.3, -0.25) is 4.79 Å². The molecular formula is C18H27N3O. The van der Waals surface area contributed by atoms with Gasteiger partial charge in [0.15, 0.2) is 0 Å². The van der Waals surface area contributed by atoms with Crippen LogP contribution in [0.25, 0.3) is 0 Å². The molecule has 0 bridgehead atoms. The third-order valence-electron chi connectivity index (χ3n) is 5.12. The van der Waals surface area contributed by atoms with Crippen molar-refractivity contribution in [2.45, 2.75) is 45.6 Å². The highest BCUT2D eigenvalue weighted by atomic mass is 16.2. The Morgan fingerprint density at radius 1 is 1.05 bits per heavy atom. The lowest BCUT2D eigenvalue weighted by Crippen LogP contribution is -2.48. The van der Waals surface area contributed by atoms with E-state index in [2.05, 4.69) is 43.0 Å². The molecule has 0 spiro atoms. The first kappa shape index (κ1) is 15.3. The number of hydrogen-bond donors (Lipinski definition) is 1. The van der Waals surface area contributed by atoms with E-state index in [0.717, 1.165) is 38.2 Å². The minimum atomic E-state index is -0.335. The maximum absolute atomic E-state index is 12.2. The highest BCUT2D eigenvalue weighted by molar-refractivity contribution is 5.97. The number of anilines is 2. The van der Waals surface area contributed by atoms with Gasteiger partial charge in [0.25, 0.3) is 0 Å². The van der Waals surface area contributed by atoms with Gasteiger partial charge in [-0.05, 0) is 55.4 Å². The quantitative estimate of drug-likeness (QED) is 0.914. The van der Waals surface area contributed by atoms with E-state index in [0.29, 0.717) is 5.41 Å². The molecule has 2 heterocycles. The van der Waals surface area contributed by atoms with Crippen LogP contribution in [0.3, 0.4) is 0 Å². The first-order valence-corrected chi connectivity index (χ1v) is 8.38. The molecule has 0 radical (unpaired) electrons. The zero-order valence-corrected chi connectivity index (χ0v) is 13.7. The van der Waals surface area contributed by atoms with E-state index in [1.165, 1.54) is 18.5 Å². The molecule has 2 aliphatic rings. The first-order chi connectivity index (χ1) is 10.5. The maximum Gasteiger partial charge on any atom is 0.243 e. The zero-order chi connectivity index (χ0) is 15.7. The Morgan fingerprint density at radius 2 is 1.64 bits per heavy atom. The lowest BCUT2D eigenvalue weighted by atomic mass is 9.82. The van der Waals surface area contributed by atoms with E-state index < -0.39 is 0 Å². The Morgan fingerprint density at radius 3 is 2.27 bits per heavy atom. The lowest BCUT2D eigenvalue weighted by molar-refractivity contribution is -0.120. The van der Waals surface area contributed by atoms with Crippen molar-refractivity contribution < 1.29 is 4.79 Å². The van der Waals surface area contributed by atoms with Crippen molar-refractivity contribution in [1.29, 1.82) is 0 Å². The van der Waals surface area contributed by atoms with Crippen LogP contribution in [-0.2, 0) is 4.79 Å². The van der Waals surface area contributed by atoms with Gasteiger partial charge >= 0.3 is 0 Å². The lowest BCUT2D eigenvalue weighted by Gasteiger charge is -2.38. The number of piperidine rings is 2. The van der Waals surface area contributed by atoms with Gasteiger partial charge in [0.05, 0.1) is 6.04 Å². The highest BCUT2D eigenvalue weighted by Crippen LogP contribution is 2.33. The Labute approximate surface area is 133 Å². The van der Waals surface area contributed by atoms with Crippen LogP contribution in [0.2, 0.25) is 0 Å². The second-order valence-electron chi connectivity index (χ2n) is 7.41. The Balaban J connectivity index is 1.69. The van der Waals surface area contributed by atoms with E-state index in [-0.39, 0.29) is 11.9 Å². The van der Waals surface area contributed by atoms with Crippen molar-refractivity contribution in [1.82, 2.24) is 0 Å². The number of nitrogens with two attached hydrogens (primary N) is 1. The SMILES string of the molecule is CC1(C)CCN(c2ccc(N3CCC[C@@H](N)C3=O)cc2)CC1. The van der Waals surface area contributed by atoms with Crippen molar-refractivity contribution in [2.24, 2.45) is 11.1 Å². The summed E-state index contributed by atoms with van der Waals surface area (Å²) in [6.45, 7) is 7.70. The van der Waals surface area contributed by atoms with Crippen LogP contribution in [0.5, 0.6) is 0 Å². The van der Waals surface area contributed by atoms with E-state index >= 15 is 0 Å². The standard InChI is InChI=1S/C18H27N3O/c1-18(2)9-12-20(13-10-18)14-5-7-15(8-6-14)21-11-3-4-16(19)17(21)22/h5-8,16H,3-4,9-13,19H2,1-2H3/t16-/m1/s1. The molecule has 0 aliphatic carbocycles. The van der Waals surface area contributed by atoms with Crippen molar-refractivity contribution >= 4 is 17.3 Å². The molecule has 4 nitrogen and oxygen atoms in total. The molecule has 1 aromatic carbocycles. The summed E-state index contributed by atoms with van der Waals surface area (Å²) in [4.78, 5) is 16.4.